The van der Waals surface area contributed by atoms with Crippen molar-refractivity contribution in [3.8, 4) is 0 Å². The van der Waals surface area contributed by atoms with Crippen molar-refractivity contribution in [3.05, 3.63) is 97.1 Å². The molecule has 5 rings (SSSR count). The molecular weight excluding hydrogens is 390 g/mol. The van der Waals surface area contributed by atoms with Gasteiger partial charge in [0.25, 0.3) is 0 Å². The maximum absolute atomic E-state index is 6.39. The van der Waals surface area contributed by atoms with Crippen LogP contribution in [0.5, 0.6) is 0 Å². The van der Waals surface area contributed by atoms with Gasteiger partial charge in [-0.15, -0.1) is 11.8 Å². The molecule has 30 heavy (non-hydrogen) atoms. The van der Waals surface area contributed by atoms with Crippen LogP contribution in [-0.2, 0) is 16.9 Å². The summed E-state index contributed by atoms with van der Waals surface area (Å²) in [6, 6.07) is 25.9. The lowest BCUT2D eigenvalue weighted by Crippen LogP contribution is -2.41. The Morgan fingerprint density at radius 1 is 1.03 bits per heavy atom. The second kappa shape index (κ2) is 8.26. The van der Waals surface area contributed by atoms with Gasteiger partial charge in [-0.3, -0.25) is 4.84 Å². The molecule has 2 unspecified atom stereocenters. The Balaban J connectivity index is 1.46. The molecule has 0 bridgehead atoms. The van der Waals surface area contributed by atoms with Crippen molar-refractivity contribution in [3.63, 3.8) is 0 Å². The zero-order chi connectivity index (χ0) is 20.4. The lowest BCUT2D eigenvalue weighted by atomic mass is 9.84. The number of fused-ring (bicyclic) bond motifs is 1. The van der Waals surface area contributed by atoms with Gasteiger partial charge < -0.3 is 4.57 Å². The third-order valence-electron chi connectivity index (χ3n) is 5.94. The van der Waals surface area contributed by atoms with Crippen molar-refractivity contribution >= 4 is 22.5 Å². The number of hydroxylamine groups is 2. The van der Waals surface area contributed by atoms with Crippen LogP contribution < -0.4 is 0 Å². The highest BCUT2D eigenvalue weighted by molar-refractivity contribution is 7.99. The van der Waals surface area contributed by atoms with Crippen LogP contribution in [0.15, 0.2) is 96.4 Å². The Bertz CT molecular complexity index is 1120. The SMILES string of the molecule is CN1OC(CSc2ccccc2)CC1(Cn1ccnc1)c1ccc2ccccc2c1. The van der Waals surface area contributed by atoms with E-state index in [1.165, 1.54) is 21.2 Å². The molecule has 0 radical (unpaired) electrons. The van der Waals surface area contributed by atoms with E-state index in [0.29, 0.717) is 0 Å². The molecule has 1 aliphatic rings. The molecule has 1 fully saturated rings. The lowest BCUT2D eigenvalue weighted by Gasteiger charge is -2.35. The molecule has 5 heteroatoms. The number of hydrogen-bond donors (Lipinski definition) is 0. The number of imidazole rings is 1. The minimum absolute atomic E-state index is 0.148. The zero-order valence-electron chi connectivity index (χ0n) is 17.0. The van der Waals surface area contributed by atoms with Crippen LogP contribution >= 0.6 is 11.8 Å². The maximum Gasteiger partial charge on any atom is 0.0946 e. The standard InChI is InChI=1S/C25H25N3OS/c1-27-25(18-28-14-13-26-19-28,22-12-11-20-7-5-6-8-21(20)15-22)16-23(29-27)17-30-24-9-3-2-4-10-24/h2-15,19,23H,16-18H2,1H3. The van der Waals surface area contributed by atoms with Crippen molar-refractivity contribution in [1.29, 1.82) is 0 Å². The number of aromatic nitrogens is 2. The number of nitrogens with zero attached hydrogens (tertiary/aromatic N) is 3. The molecule has 3 aromatic carbocycles. The number of likely N-dealkylation sites (N-methyl/N-ethyl adjacent to an activating group) is 1. The van der Waals surface area contributed by atoms with E-state index in [1.807, 2.05) is 30.5 Å². The Hall–Kier alpha value is -2.60. The van der Waals surface area contributed by atoms with Gasteiger partial charge >= 0.3 is 0 Å². The van der Waals surface area contributed by atoms with E-state index < -0.39 is 0 Å². The van der Waals surface area contributed by atoms with E-state index in [9.17, 15) is 0 Å². The molecule has 4 nitrogen and oxygen atoms in total. The van der Waals surface area contributed by atoms with Crippen LogP contribution in [-0.4, -0.2) is 33.5 Å². The molecule has 2 atom stereocenters. The molecule has 1 saturated heterocycles. The number of benzene rings is 3. The molecular formula is C25H25N3OS. The topological polar surface area (TPSA) is 30.3 Å². The molecule has 0 N–H and O–H groups in total. The van der Waals surface area contributed by atoms with E-state index >= 15 is 0 Å². The highest BCUT2D eigenvalue weighted by Crippen LogP contribution is 2.43. The monoisotopic (exact) mass is 415 g/mol. The fourth-order valence-electron chi connectivity index (χ4n) is 4.38. The van der Waals surface area contributed by atoms with Gasteiger partial charge in [0.1, 0.15) is 0 Å². The van der Waals surface area contributed by atoms with Gasteiger partial charge in [-0.1, -0.05) is 54.6 Å². The average Bonchev–Trinajstić information content (AvgIpc) is 3.41. The Labute approximate surface area is 181 Å². The number of thioether (sulfide) groups is 1. The molecule has 1 aliphatic heterocycles. The van der Waals surface area contributed by atoms with Gasteiger partial charge in [-0.2, -0.15) is 5.06 Å². The van der Waals surface area contributed by atoms with Crippen LogP contribution in [0, 0.1) is 0 Å². The Morgan fingerprint density at radius 2 is 1.83 bits per heavy atom. The van der Waals surface area contributed by atoms with Crippen LogP contribution in [0.2, 0.25) is 0 Å². The Kier molecular flexibility index (Phi) is 5.34. The fourth-order valence-corrected chi connectivity index (χ4v) is 5.28. The smallest absolute Gasteiger partial charge is 0.0946 e. The first kappa shape index (κ1) is 19.4. The van der Waals surface area contributed by atoms with Crippen molar-refractivity contribution in [1.82, 2.24) is 14.6 Å². The van der Waals surface area contributed by atoms with E-state index in [4.69, 9.17) is 4.84 Å². The largest absolute Gasteiger partial charge is 0.335 e. The molecule has 0 saturated carbocycles. The highest BCUT2D eigenvalue weighted by Gasteiger charge is 2.47. The maximum atomic E-state index is 6.39. The quantitative estimate of drug-likeness (QED) is 0.397. The van der Waals surface area contributed by atoms with Crippen LogP contribution in [0.1, 0.15) is 12.0 Å². The number of rotatable bonds is 6. The van der Waals surface area contributed by atoms with Crippen molar-refractivity contribution < 1.29 is 4.84 Å². The Morgan fingerprint density at radius 3 is 2.63 bits per heavy atom. The lowest BCUT2D eigenvalue weighted by molar-refractivity contribution is -0.169. The predicted octanol–water partition coefficient (Wildman–Crippen LogP) is 5.36. The molecule has 0 amide bonds. The summed E-state index contributed by atoms with van der Waals surface area (Å²) in [7, 11) is 2.07. The summed E-state index contributed by atoms with van der Waals surface area (Å²) in [6.07, 6.45) is 6.84. The van der Waals surface area contributed by atoms with Crippen LogP contribution in [0.25, 0.3) is 10.8 Å². The second-order valence-electron chi connectivity index (χ2n) is 7.88. The van der Waals surface area contributed by atoms with E-state index in [0.717, 1.165) is 18.7 Å². The van der Waals surface area contributed by atoms with Gasteiger partial charge in [0.15, 0.2) is 0 Å². The number of hydrogen-bond acceptors (Lipinski definition) is 4. The molecule has 152 valence electrons. The van der Waals surface area contributed by atoms with Crippen molar-refractivity contribution in [2.45, 2.75) is 29.5 Å². The highest BCUT2D eigenvalue weighted by atomic mass is 32.2. The van der Waals surface area contributed by atoms with Crippen LogP contribution in [0.4, 0.5) is 0 Å². The predicted molar refractivity (Wildman–Crippen MR) is 122 cm³/mol. The minimum Gasteiger partial charge on any atom is -0.335 e. The van der Waals surface area contributed by atoms with Gasteiger partial charge in [-0.25, -0.2) is 4.98 Å². The normalized spacial score (nSPS) is 22.0. The third-order valence-corrected chi connectivity index (χ3v) is 7.09. The fraction of sp³-hybridized carbons (Fsp3) is 0.240. The molecule has 2 heterocycles. The van der Waals surface area contributed by atoms with E-state index in [2.05, 4.69) is 94.5 Å². The molecule has 0 spiro atoms. The third kappa shape index (κ3) is 3.76. The zero-order valence-corrected chi connectivity index (χ0v) is 17.8. The first-order valence-corrected chi connectivity index (χ1v) is 11.2. The van der Waals surface area contributed by atoms with Crippen molar-refractivity contribution in [2.24, 2.45) is 0 Å². The van der Waals surface area contributed by atoms with Crippen molar-refractivity contribution in [2.75, 3.05) is 12.8 Å². The summed E-state index contributed by atoms with van der Waals surface area (Å²) < 4.78 is 2.15. The van der Waals surface area contributed by atoms with E-state index in [1.54, 1.807) is 0 Å². The first-order valence-electron chi connectivity index (χ1n) is 10.3. The minimum atomic E-state index is -0.243. The van der Waals surface area contributed by atoms with E-state index in [-0.39, 0.29) is 11.6 Å². The molecule has 4 aromatic rings. The summed E-state index contributed by atoms with van der Waals surface area (Å²) in [5, 5.41) is 4.60. The van der Waals surface area contributed by atoms with Crippen LogP contribution in [0.3, 0.4) is 0 Å². The van der Waals surface area contributed by atoms with Gasteiger partial charge in [0.2, 0.25) is 0 Å². The summed E-state index contributed by atoms with van der Waals surface area (Å²) in [6.45, 7) is 0.800. The molecule has 0 aliphatic carbocycles. The van der Waals surface area contributed by atoms with Gasteiger partial charge in [-0.05, 0) is 34.5 Å². The van der Waals surface area contributed by atoms with Gasteiger partial charge in [0.05, 0.1) is 18.0 Å². The molecule has 1 aromatic heterocycles. The average molecular weight is 416 g/mol. The summed E-state index contributed by atoms with van der Waals surface area (Å²) in [5.74, 6) is 0.924. The summed E-state index contributed by atoms with van der Waals surface area (Å²) in [5.41, 5.74) is 1.04. The summed E-state index contributed by atoms with van der Waals surface area (Å²) >= 11 is 1.86. The first-order chi connectivity index (χ1) is 14.7. The summed E-state index contributed by atoms with van der Waals surface area (Å²) in [4.78, 5) is 11.9. The second-order valence-corrected chi connectivity index (χ2v) is 8.98. The van der Waals surface area contributed by atoms with Gasteiger partial charge in [0, 0.05) is 43.1 Å².